The Labute approximate surface area is 164 Å². The number of sulfone groups is 1. The molecule has 1 N–H and O–H groups in total. The van der Waals surface area contributed by atoms with Gasteiger partial charge in [0.15, 0.2) is 0 Å². The van der Waals surface area contributed by atoms with Crippen LogP contribution >= 0.6 is 0 Å². The van der Waals surface area contributed by atoms with E-state index >= 15 is 0 Å². The maximum Gasteiger partial charge on any atom is 0.234 e. The molecule has 7 heteroatoms. The van der Waals surface area contributed by atoms with Crippen molar-refractivity contribution >= 4 is 15.7 Å². The van der Waals surface area contributed by atoms with Crippen LogP contribution < -0.4 is 10.1 Å². The average Bonchev–Trinajstić information content (AvgIpc) is 3.12. The molecule has 3 rings (SSSR count). The number of hydrogen-bond acceptors (Lipinski definition) is 6. The van der Waals surface area contributed by atoms with E-state index in [4.69, 9.17) is 9.15 Å². The van der Waals surface area contributed by atoms with Crippen molar-refractivity contribution in [3.05, 3.63) is 66.7 Å². The Morgan fingerprint density at radius 1 is 1.14 bits per heavy atom. The molecule has 0 fully saturated rings. The van der Waals surface area contributed by atoms with Crippen LogP contribution in [0.25, 0.3) is 11.5 Å². The zero-order valence-corrected chi connectivity index (χ0v) is 16.6. The van der Waals surface area contributed by atoms with Gasteiger partial charge >= 0.3 is 0 Å². The summed E-state index contributed by atoms with van der Waals surface area (Å²) in [6, 6.07) is 13.7. The molecule has 0 atom stereocenters. The molecule has 28 heavy (non-hydrogen) atoms. The molecular weight excluding hydrogens is 376 g/mol. The van der Waals surface area contributed by atoms with Crippen LogP contribution in [0.15, 0.2) is 75.5 Å². The average molecular weight is 398 g/mol. The summed E-state index contributed by atoms with van der Waals surface area (Å²) in [6.07, 6.45) is 1.61. The molecule has 1 heterocycles. The van der Waals surface area contributed by atoms with Crippen molar-refractivity contribution in [2.75, 3.05) is 18.5 Å². The highest BCUT2D eigenvalue weighted by molar-refractivity contribution is 7.91. The predicted molar refractivity (Wildman–Crippen MR) is 108 cm³/mol. The van der Waals surface area contributed by atoms with Gasteiger partial charge in [0.05, 0.1) is 11.5 Å². The highest BCUT2D eigenvalue weighted by atomic mass is 32.2. The van der Waals surface area contributed by atoms with E-state index in [0.29, 0.717) is 18.7 Å². The molecule has 0 aliphatic carbocycles. The van der Waals surface area contributed by atoms with Crippen LogP contribution in [0.1, 0.15) is 12.5 Å². The Morgan fingerprint density at radius 2 is 1.82 bits per heavy atom. The molecule has 0 aliphatic rings. The first-order valence-electron chi connectivity index (χ1n) is 8.86. The van der Waals surface area contributed by atoms with Gasteiger partial charge in [-0.05, 0) is 50.2 Å². The van der Waals surface area contributed by atoms with E-state index in [0.717, 1.165) is 11.3 Å². The van der Waals surface area contributed by atoms with E-state index in [9.17, 15) is 8.42 Å². The molecule has 0 unspecified atom stereocenters. The Balaban J connectivity index is 2.04. The lowest BCUT2D eigenvalue weighted by atomic mass is 10.2. The van der Waals surface area contributed by atoms with Gasteiger partial charge in [0.2, 0.25) is 26.6 Å². The monoisotopic (exact) mass is 398 g/mol. The molecule has 146 valence electrons. The van der Waals surface area contributed by atoms with Crippen molar-refractivity contribution in [3.63, 3.8) is 0 Å². The van der Waals surface area contributed by atoms with Crippen molar-refractivity contribution in [1.29, 1.82) is 0 Å². The first kappa shape index (κ1) is 19.7. The lowest BCUT2D eigenvalue weighted by molar-refractivity contribution is 0.340. The fraction of sp³-hybridized carbons (Fsp3) is 0.190. The summed E-state index contributed by atoms with van der Waals surface area (Å²) in [5.74, 6) is 1.01. The Morgan fingerprint density at radius 3 is 2.43 bits per heavy atom. The number of ether oxygens (including phenoxy) is 1. The summed E-state index contributed by atoms with van der Waals surface area (Å²) in [6.45, 7) is 8.34. The van der Waals surface area contributed by atoms with E-state index in [1.807, 2.05) is 13.8 Å². The number of aryl methyl sites for hydroxylation is 1. The molecule has 0 bridgehead atoms. The summed E-state index contributed by atoms with van der Waals surface area (Å²) in [5, 5.41) is 2.77. The van der Waals surface area contributed by atoms with E-state index < -0.39 is 9.84 Å². The number of nitrogens with zero attached hydrogens (tertiary/aromatic N) is 1. The number of nitrogens with one attached hydrogen (secondary N) is 1. The Hall–Kier alpha value is -3.06. The molecule has 0 amide bonds. The molecule has 0 spiro atoms. The van der Waals surface area contributed by atoms with E-state index in [1.54, 1.807) is 54.6 Å². The van der Waals surface area contributed by atoms with E-state index in [1.165, 1.54) is 0 Å². The van der Waals surface area contributed by atoms with Crippen LogP contribution in [0, 0.1) is 6.92 Å². The van der Waals surface area contributed by atoms with Crippen LogP contribution in [0.2, 0.25) is 0 Å². The molecule has 2 aromatic carbocycles. The largest absolute Gasteiger partial charge is 0.494 e. The third kappa shape index (κ3) is 4.09. The van der Waals surface area contributed by atoms with Crippen molar-refractivity contribution < 1.29 is 17.6 Å². The van der Waals surface area contributed by atoms with Gasteiger partial charge in [-0.2, -0.15) is 4.98 Å². The summed E-state index contributed by atoms with van der Waals surface area (Å²) in [7, 11) is -3.85. The highest BCUT2D eigenvalue weighted by Crippen LogP contribution is 2.33. The second-order valence-corrected chi connectivity index (χ2v) is 7.96. The SMILES string of the molecule is C=CCNc1oc(-c2ccc(OCC)cc2)nc1S(=O)(=O)c1ccc(C)cc1. The number of aromatic nitrogens is 1. The van der Waals surface area contributed by atoms with Gasteiger partial charge in [0.1, 0.15) is 5.75 Å². The highest BCUT2D eigenvalue weighted by Gasteiger charge is 2.28. The zero-order chi connectivity index (χ0) is 20.1. The smallest absolute Gasteiger partial charge is 0.234 e. The van der Waals surface area contributed by atoms with Crippen molar-refractivity contribution in [1.82, 2.24) is 4.98 Å². The topological polar surface area (TPSA) is 81.4 Å². The van der Waals surface area contributed by atoms with Gasteiger partial charge in [0, 0.05) is 12.1 Å². The lowest BCUT2D eigenvalue weighted by Gasteiger charge is -2.04. The summed E-state index contributed by atoms with van der Waals surface area (Å²) < 4.78 is 37.4. The number of hydrogen-bond donors (Lipinski definition) is 1. The fourth-order valence-electron chi connectivity index (χ4n) is 2.58. The minimum Gasteiger partial charge on any atom is -0.494 e. The molecular formula is C21H22N2O4S. The second kappa shape index (κ2) is 8.31. The van der Waals surface area contributed by atoms with E-state index in [-0.39, 0.29) is 21.7 Å². The van der Waals surface area contributed by atoms with Crippen molar-refractivity contribution in [2.24, 2.45) is 0 Å². The third-order valence-electron chi connectivity index (χ3n) is 4.00. The number of anilines is 1. The van der Waals surface area contributed by atoms with Gasteiger partial charge in [-0.15, -0.1) is 6.58 Å². The minimum absolute atomic E-state index is 0.0874. The normalized spacial score (nSPS) is 11.2. The molecule has 1 aromatic heterocycles. The first-order chi connectivity index (χ1) is 13.5. The molecule has 0 radical (unpaired) electrons. The minimum atomic E-state index is -3.85. The molecule has 0 aliphatic heterocycles. The standard InChI is InChI=1S/C21H22N2O4S/c1-4-14-22-20-21(28(24,25)18-12-6-15(3)7-13-18)23-19(27-20)16-8-10-17(11-9-16)26-5-2/h4,6-13,22H,1,5,14H2,2-3H3. The molecule has 6 nitrogen and oxygen atoms in total. The fourth-order valence-corrected chi connectivity index (χ4v) is 3.86. The number of benzene rings is 2. The van der Waals surface area contributed by atoms with Gasteiger partial charge in [-0.25, -0.2) is 8.42 Å². The lowest BCUT2D eigenvalue weighted by Crippen LogP contribution is -2.07. The Kier molecular flexibility index (Phi) is 5.84. The Bertz CT molecular complexity index is 1050. The van der Waals surface area contributed by atoms with Gasteiger partial charge in [-0.3, -0.25) is 0 Å². The van der Waals surface area contributed by atoms with E-state index in [2.05, 4.69) is 16.9 Å². The van der Waals surface area contributed by atoms with Crippen LogP contribution in [0.3, 0.4) is 0 Å². The van der Waals surface area contributed by atoms with Gasteiger partial charge < -0.3 is 14.5 Å². The zero-order valence-electron chi connectivity index (χ0n) is 15.8. The summed E-state index contributed by atoms with van der Waals surface area (Å²) in [5.41, 5.74) is 1.62. The molecule has 0 saturated carbocycles. The second-order valence-electron chi connectivity index (χ2n) is 6.10. The van der Waals surface area contributed by atoms with Crippen molar-refractivity contribution in [3.8, 4) is 17.2 Å². The molecule has 0 saturated heterocycles. The van der Waals surface area contributed by atoms with Gasteiger partial charge in [0.25, 0.3) is 0 Å². The first-order valence-corrected chi connectivity index (χ1v) is 10.3. The molecule has 3 aromatic rings. The predicted octanol–water partition coefficient (Wildman–Crippen LogP) is 4.48. The number of rotatable bonds is 8. The van der Waals surface area contributed by atoms with Crippen LogP contribution in [-0.4, -0.2) is 26.6 Å². The number of oxazole rings is 1. The van der Waals surface area contributed by atoms with Crippen LogP contribution in [-0.2, 0) is 9.84 Å². The van der Waals surface area contributed by atoms with Crippen molar-refractivity contribution in [2.45, 2.75) is 23.8 Å². The third-order valence-corrected chi connectivity index (χ3v) is 5.68. The maximum absolute atomic E-state index is 13.1. The quantitative estimate of drug-likeness (QED) is 0.564. The summed E-state index contributed by atoms with van der Waals surface area (Å²) >= 11 is 0. The van der Waals surface area contributed by atoms with Crippen LogP contribution in [0.4, 0.5) is 5.88 Å². The summed E-state index contributed by atoms with van der Waals surface area (Å²) in [4.78, 5) is 4.45. The van der Waals surface area contributed by atoms with Crippen LogP contribution in [0.5, 0.6) is 5.75 Å². The van der Waals surface area contributed by atoms with Gasteiger partial charge in [-0.1, -0.05) is 23.8 Å². The maximum atomic E-state index is 13.1.